The highest BCUT2D eigenvalue weighted by molar-refractivity contribution is 6.41. The van der Waals surface area contributed by atoms with E-state index >= 15 is 0 Å². The van der Waals surface area contributed by atoms with Gasteiger partial charge in [-0.1, -0.05) is 23.2 Å². The van der Waals surface area contributed by atoms with Crippen LogP contribution in [0.25, 0.3) is 21.8 Å². The van der Waals surface area contributed by atoms with Crippen LogP contribution in [0.4, 0.5) is 0 Å². The van der Waals surface area contributed by atoms with E-state index in [1.54, 1.807) is 6.07 Å². The molecule has 0 fully saturated rings. The summed E-state index contributed by atoms with van der Waals surface area (Å²) >= 11 is 12.5. The Balaban J connectivity index is 2.10. The van der Waals surface area contributed by atoms with Gasteiger partial charge in [-0.15, -0.1) is 0 Å². The van der Waals surface area contributed by atoms with E-state index in [1.807, 2.05) is 24.3 Å². The maximum absolute atomic E-state index is 6.49. The summed E-state index contributed by atoms with van der Waals surface area (Å²) in [6.07, 6.45) is 0. The van der Waals surface area contributed by atoms with Crippen molar-refractivity contribution in [2.75, 3.05) is 13.2 Å². The minimum Gasteiger partial charge on any atom is -0.486 e. The smallest absolute Gasteiger partial charge is 0.163 e. The van der Waals surface area contributed by atoms with E-state index < -0.39 is 0 Å². The van der Waals surface area contributed by atoms with Gasteiger partial charge in [-0.2, -0.15) is 0 Å². The normalized spacial score (nSPS) is 13.9. The summed E-state index contributed by atoms with van der Waals surface area (Å²) in [6.45, 7) is 1.10. The fourth-order valence-electron chi connectivity index (χ4n) is 2.40. The largest absolute Gasteiger partial charge is 0.486 e. The number of ether oxygens (including phenoxy) is 2. The van der Waals surface area contributed by atoms with Crippen molar-refractivity contribution in [3.8, 4) is 11.5 Å². The van der Waals surface area contributed by atoms with Gasteiger partial charge in [-0.3, -0.25) is 0 Å². The summed E-state index contributed by atoms with van der Waals surface area (Å²) in [5.41, 5.74) is 1.60. The number of fused-ring (bicyclic) bond motifs is 3. The van der Waals surface area contributed by atoms with E-state index in [2.05, 4.69) is 4.98 Å². The maximum Gasteiger partial charge on any atom is 0.163 e. The molecule has 3 aromatic rings. The summed E-state index contributed by atoms with van der Waals surface area (Å²) in [4.78, 5) is 4.61. The van der Waals surface area contributed by atoms with Gasteiger partial charge in [0.1, 0.15) is 13.2 Å². The van der Waals surface area contributed by atoms with Crippen LogP contribution in [-0.4, -0.2) is 18.2 Å². The molecule has 0 unspecified atom stereocenters. The van der Waals surface area contributed by atoms with Gasteiger partial charge in [0.2, 0.25) is 0 Å². The lowest BCUT2D eigenvalue weighted by molar-refractivity contribution is 0.172. The molecule has 0 atom stereocenters. The molecule has 0 radical (unpaired) electrons. The number of benzene rings is 2. The van der Waals surface area contributed by atoms with Crippen molar-refractivity contribution in [2.45, 2.75) is 0 Å². The van der Waals surface area contributed by atoms with Gasteiger partial charge in [-0.05, 0) is 24.3 Å². The average Bonchev–Trinajstić information content (AvgIpc) is 2.47. The van der Waals surface area contributed by atoms with Crippen LogP contribution in [0, 0.1) is 0 Å². The zero-order valence-corrected chi connectivity index (χ0v) is 11.8. The van der Waals surface area contributed by atoms with Gasteiger partial charge in [0.05, 0.1) is 16.1 Å². The fraction of sp³-hybridized carbons (Fsp3) is 0.133. The number of nitrogens with zero attached hydrogens (tertiary/aromatic N) is 1. The van der Waals surface area contributed by atoms with Crippen molar-refractivity contribution in [2.24, 2.45) is 0 Å². The highest BCUT2D eigenvalue weighted by atomic mass is 35.5. The molecule has 1 aromatic heterocycles. The summed E-state index contributed by atoms with van der Waals surface area (Å²) < 4.78 is 11.2. The Hall–Kier alpha value is -1.71. The predicted octanol–water partition coefficient (Wildman–Crippen LogP) is 4.47. The van der Waals surface area contributed by atoms with Crippen molar-refractivity contribution in [1.29, 1.82) is 0 Å². The van der Waals surface area contributed by atoms with E-state index in [9.17, 15) is 0 Å². The molecule has 1 aliphatic heterocycles. The van der Waals surface area contributed by atoms with Crippen LogP contribution in [0.5, 0.6) is 11.5 Å². The molecule has 4 rings (SSSR count). The Bertz CT molecular complexity index is 848. The monoisotopic (exact) mass is 305 g/mol. The zero-order chi connectivity index (χ0) is 13.7. The maximum atomic E-state index is 6.49. The predicted molar refractivity (Wildman–Crippen MR) is 80.3 cm³/mol. The van der Waals surface area contributed by atoms with Gasteiger partial charge in [0.25, 0.3) is 0 Å². The second-order valence-corrected chi connectivity index (χ2v) is 5.41. The molecular weight excluding hydrogens is 297 g/mol. The molecule has 5 heteroatoms. The molecule has 100 valence electrons. The molecule has 3 nitrogen and oxygen atoms in total. The SMILES string of the molecule is Clc1ccc2nc3cc4c(cc3c(Cl)c2c1)OCCO4. The van der Waals surface area contributed by atoms with Crippen LogP contribution < -0.4 is 9.47 Å². The lowest BCUT2D eigenvalue weighted by Crippen LogP contribution is -2.15. The van der Waals surface area contributed by atoms with E-state index in [0.29, 0.717) is 34.8 Å². The summed E-state index contributed by atoms with van der Waals surface area (Å²) in [5, 5.41) is 2.94. The minimum atomic E-state index is 0.545. The molecule has 0 bridgehead atoms. The van der Waals surface area contributed by atoms with Crippen LogP contribution in [0.2, 0.25) is 10.0 Å². The molecule has 1 aliphatic rings. The van der Waals surface area contributed by atoms with Crippen LogP contribution in [0.3, 0.4) is 0 Å². The lowest BCUT2D eigenvalue weighted by Gasteiger charge is -2.19. The standard InChI is InChI=1S/C15H9Cl2NO2/c16-8-1-2-11-9(5-8)15(17)10-6-13-14(7-12(10)18-11)20-4-3-19-13/h1-2,5-7H,3-4H2. The molecule has 0 saturated carbocycles. The summed E-state index contributed by atoms with van der Waals surface area (Å²) in [6, 6.07) is 9.22. The van der Waals surface area contributed by atoms with Crippen LogP contribution in [0.15, 0.2) is 30.3 Å². The molecule has 2 aromatic carbocycles. The van der Waals surface area contributed by atoms with E-state index in [0.717, 1.165) is 21.8 Å². The van der Waals surface area contributed by atoms with Crippen molar-refractivity contribution >= 4 is 45.0 Å². The van der Waals surface area contributed by atoms with Crippen molar-refractivity contribution in [3.63, 3.8) is 0 Å². The number of hydrogen-bond donors (Lipinski definition) is 0. The highest BCUT2D eigenvalue weighted by Gasteiger charge is 2.16. The lowest BCUT2D eigenvalue weighted by atomic mass is 10.1. The fourth-order valence-corrected chi connectivity index (χ4v) is 2.88. The van der Waals surface area contributed by atoms with Crippen LogP contribution in [0.1, 0.15) is 0 Å². The Morgan fingerprint density at radius 3 is 2.35 bits per heavy atom. The Kier molecular flexibility index (Phi) is 2.65. The number of hydrogen-bond acceptors (Lipinski definition) is 3. The molecule has 0 saturated heterocycles. The van der Waals surface area contributed by atoms with Gasteiger partial charge < -0.3 is 9.47 Å². The van der Waals surface area contributed by atoms with Crippen LogP contribution >= 0.6 is 23.2 Å². The molecule has 0 aliphatic carbocycles. The van der Waals surface area contributed by atoms with Gasteiger partial charge in [-0.25, -0.2) is 4.98 Å². The molecular formula is C15H9Cl2NO2. The van der Waals surface area contributed by atoms with E-state index in [-0.39, 0.29) is 0 Å². The number of aromatic nitrogens is 1. The third kappa shape index (κ3) is 1.78. The Morgan fingerprint density at radius 1 is 0.850 bits per heavy atom. The number of halogens is 2. The zero-order valence-electron chi connectivity index (χ0n) is 10.3. The second-order valence-electron chi connectivity index (χ2n) is 4.60. The van der Waals surface area contributed by atoms with Gasteiger partial charge in [0, 0.05) is 21.9 Å². The first kappa shape index (κ1) is 12.1. The Labute approximate surface area is 125 Å². The van der Waals surface area contributed by atoms with E-state index in [4.69, 9.17) is 32.7 Å². The third-order valence-electron chi connectivity index (χ3n) is 3.33. The van der Waals surface area contributed by atoms with E-state index in [1.165, 1.54) is 0 Å². The molecule has 0 amide bonds. The van der Waals surface area contributed by atoms with Crippen LogP contribution in [-0.2, 0) is 0 Å². The Morgan fingerprint density at radius 2 is 1.55 bits per heavy atom. The summed E-state index contributed by atoms with van der Waals surface area (Å²) in [5.74, 6) is 1.41. The van der Waals surface area contributed by atoms with Crippen molar-refractivity contribution in [1.82, 2.24) is 4.98 Å². The highest BCUT2D eigenvalue weighted by Crippen LogP contribution is 2.39. The minimum absolute atomic E-state index is 0.545. The quantitative estimate of drug-likeness (QED) is 0.574. The topological polar surface area (TPSA) is 31.4 Å². The molecule has 20 heavy (non-hydrogen) atoms. The first-order chi connectivity index (χ1) is 9.72. The molecule has 2 heterocycles. The van der Waals surface area contributed by atoms with Gasteiger partial charge in [0.15, 0.2) is 11.5 Å². The third-order valence-corrected chi connectivity index (χ3v) is 3.98. The van der Waals surface area contributed by atoms with Crippen molar-refractivity contribution < 1.29 is 9.47 Å². The first-order valence-electron chi connectivity index (χ1n) is 6.20. The van der Waals surface area contributed by atoms with Gasteiger partial charge >= 0.3 is 0 Å². The summed E-state index contributed by atoms with van der Waals surface area (Å²) in [7, 11) is 0. The number of pyridine rings is 1. The first-order valence-corrected chi connectivity index (χ1v) is 6.96. The second kappa shape index (κ2) is 4.40. The van der Waals surface area contributed by atoms with Crippen molar-refractivity contribution in [3.05, 3.63) is 40.4 Å². The number of rotatable bonds is 0. The molecule has 0 N–H and O–H groups in total. The molecule has 0 spiro atoms. The average molecular weight is 306 g/mol.